The van der Waals surface area contributed by atoms with Crippen LogP contribution in [0.3, 0.4) is 0 Å². The highest BCUT2D eigenvalue weighted by atomic mass is 32.1. The molecule has 1 N–H and O–H groups in total. The van der Waals surface area contributed by atoms with Gasteiger partial charge in [0.2, 0.25) is 11.8 Å². The van der Waals surface area contributed by atoms with Crippen molar-refractivity contribution >= 4 is 24.4 Å². The first-order chi connectivity index (χ1) is 6.15. The van der Waals surface area contributed by atoms with Crippen molar-refractivity contribution in [2.45, 2.75) is 13.3 Å². The molecule has 0 aromatic rings. The summed E-state index contributed by atoms with van der Waals surface area (Å²) in [7, 11) is 1.55. The summed E-state index contributed by atoms with van der Waals surface area (Å²) in [5.74, 6) is 0.346. The van der Waals surface area contributed by atoms with Crippen LogP contribution in [0.1, 0.15) is 13.3 Å². The van der Waals surface area contributed by atoms with Crippen LogP contribution < -0.4 is 5.32 Å². The standard InChI is InChI=1S/C8H16N2O2S/c1-3-10(6-7(11)9-2)8(12)4-5-13/h13H,3-6H2,1-2H3,(H,9,11). The Morgan fingerprint density at radius 1 is 1.46 bits per heavy atom. The third-order valence-corrected chi connectivity index (χ3v) is 1.90. The summed E-state index contributed by atoms with van der Waals surface area (Å²) >= 11 is 3.96. The molecule has 0 fully saturated rings. The van der Waals surface area contributed by atoms with Gasteiger partial charge in [0.25, 0.3) is 0 Å². The van der Waals surface area contributed by atoms with Crippen LogP contribution in [0.15, 0.2) is 0 Å². The maximum atomic E-state index is 11.3. The molecule has 76 valence electrons. The summed E-state index contributed by atoms with van der Waals surface area (Å²) in [5.41, 5.74) is 0. The maximum Gasteiger partial charge on any atom is 0.239 e. The first-order valence-electron chi connectivity index (χ1n) is 4.24. The molecule has 0 saturated heterocycles. The minimum Gasteiger partial charge on any atom is -0.358 e. The number of carbonyl (C=O) groups is 2. The summed E-state index contributed by atoms with van der Waals surface area (Å²) in [6.07, 6.45) is 0.383. The lowest BCUT2D eigenvalue weighted by molar-refractivity contribution is -0.135. The molecule has 5 heteroatoms. The summed E-state index contributed by atoms with van der Waals surface area (Å²) < 4.78 is 0. The topological polar surface area (TPSA) is 49.4 Å². The van der Waals surface area contributed by atoms with Gasteiger partial charge in [0.15, 0.2) is 0 Å². The van der Waals surface area contributed by atoms with E-state index >= 15 is 0 Å². The lowest BCUT2D eigenvalue weighted by Crippen LogP contribution is -2.39. The minimum absolute atomic E-state index is 0.0268. The van der Waals surface area contributed by atoms with E-state index < -0.39 is 0 Å². The highest BCUT2D eigenvalue weighted by Gasteiger charge is 2.13. The number of hydrogen-bond donors (Lipinski definition) is 2. The fraction of sp³-hybridized carbons (Fsp3) is 0.750. The maximum absolute atomic E-state index is 11.3. The van der Waals surface area contributed by atoms with Crippen molar-refractivity contribution in [2.75, 3.05) is 25.9 Å². The molecule has 0 aliphatic rings. The highest BCUT2D eigenvalue weighted by molar-refractivity contribution is 7.80. The second kappa shape index (κ2) is 6.77. The van der Waals surface area contributed by atoms with Crippen LogP contribution in [-0.2, 0) is 9.59 Å². The van der Waals surface area contributed by atoms with Crippen molar-refractivity contribution in [1.29, 1.82) is 0 Å². The van der Waals surface area contributed by atoms with Crippen LogP contribution in [0.4, 0.5) is 0 Å². The molecule has 2 amide bonds. The Hall–Kier alpha value is -0.710. The first-order valence-corrected chi connectivity index (χ1v) is 4.88. The molecule has 0 atom stereocenters. The lowest BCUT2D eigenvalue weighted by atomic mass is 10.3. The van der Waals surface area contributed by atoms with Crippen LogP contribution >= 0.6 is 12.6 Å². The normalized spacial score (nSPS) is 9.46. The average Bonchev–Trinajstić information content (AvgIpc) is 2.14. The van der Waals surface area contributed by atoms with Crippen LogP contribution in [0, 0.1) is 0 Å². The van der Waals surface area contributed by atoms with Gasteiger partial charge < -0.3 is 10.2 Å². The molecule has 4 nitrogen and oxygen atoms in total. The molecule has 0 bridgehead atoms. The van der Waals surface area contributed by atoms with E-state index in [0.29, 0.717) is 18.7 Å². The Bertz CT molecular complexity index is 185. The van der Waals surface area contributed by atoms with Crippen molar-refractivity contribution in [2.24, 2.45) is 0 Å². The number of hydrogen-bond acceptors (Lipinski definition) is 3. The molecule has 0 heterocycles. The van der Waals surface area contributed by atoms with E-state index in [9.17, 15) is 9.59 Å². The van der Waals surface area contributed by atoms with Crippen LogP contribution in [-0.4, -0.2) is 42.6 Å². The first kappa shape index (κ1) is 12.3. The van der Waals surface area contributed by atoms with E-state index in [1.165, 1.54) is 4.90 Å². The molecule has 0 aromatic heterocycles. The molecular weight excluding hydrogens is 188 g/mol. The van der Waals surface area contributed by atoms with Crippen molar-refractivity contribution < 1.29 is 9.59 Å². The SMILES string of the molecule is CCN(CC(=O)NC)C(=O)CCS. The zero-order chi connectivity index (χ0) is 10.3. The molecule has 0 aliphatic heterocycles. The van der Waals surface area contributed by atoms with Crippen molar-refractivity contribution in [3.8, 4) is 0 Å². The van der Waals surface area contributed by atoms with Gasteiger partial charge in [0.05, 0.1) is 6.54 Å². The molecule has 0 unspecified atom stereocenters. The second-order valence-corrected chi connectivity index (χ2v) is 3.00. The molecular formula is C8H16N2O2S. The number of amides is 2. The molecule has 13 heavy (non-hydrogen) atoms. The van der Waals surface area contributed by atoms with Gasteiger partial charge in [0.1, 0.15) is 0 Å². The smallest absolute Gasteiger partial charge is 0.239 e. The van der Waals surface area contributed by atoms with Gasteiger partial charge in [0, 0.05) is 20.0 Å². The van der Waals surface area contributed by atoms with E-state index in [1.807, 2.05) is 6.92 Å². The average molecular weight is 204 g/mol. The number of likely N-dealkylation sites (N-methyl/N-ethyl adjacent to an activating group) is 2. The van der Waals surface area contributed by atoms with Crippen molar-refractivity contribution in [1.82, 2.24) is 10.2 Å². The molecule has 0 spiro atoms. The van der Waals surface area contributed by atoms with Gasteiger partial charge in [-0.2, -0.15) is 12.6 Å². The summed E-state index contributed by atoms with van der Waals surface area (Å²) in [6, 6.07) is 0. The molecule has 0 aliphatic carbocycles. The van der Waals surface area contributed by atoms with Crippen molar-refractivity contribution in [3.63, 3.8) is 0 Å². The van der Waals surface area contributed by atoms with Crippen molar-refractivity contribution in [3.05, 3.63) is 0 Å². The van der Waals surface area contributed by atoms with E-state index in [4.69, 9.17) is 0 Å². The Kier molecular flexibility index (Phi) is 6.40. The predicted molar refractivity (Wildman–Crippen MR) is 54.8 cm³/mol. The van der Waals surface area contributed by atoms with Gasteiger partial charge in [-0.15, -0.1) is 0 Å². The van der Waals surface area contributed by atoms with Crippen LogP contribution in [0.2, 0.25) is 0 Å². The third-order valence-electron chi connectivity index (χ3n) is 1.67. The lowest BCUT2D eigenvalue weighted by Gasteiger charge is -2.19. The van der Waals surface area contributed by atoms with Gasteiger partial charge in [-0.25, -0.2) is 0 Å². The fourth-order valence-electron chi connectivity index (χ4n) is 0.882. The molecule has 0 aromatic carbocycles. The zero-order valence-electron chi connectivity index (χ0n) is 8.04. The number of rotatable bonds is 5. The minimum atomic E-state index is -0.144. The fourth-order valence-corrected chi connectivity index (χ4v) is 1.07. The molecule has 0 radical (unpaired) electrons. The van der Waals surface area contributed by atoms with Gasteiger partial charge >= 0.3 is 0 Å². The summed E-state index contributed by atoms with van der Waals surface area (Å²) in [5, 5.41) is 2.47. The highest BCUT2D eigenvalue weighted by Crippen LogP contribution is 1.95. The third kappa shape index (κ3) is 4.77. The predicted octanol–water partition coefficient (Wildman–Crippen LogP) is -0.0992. The summed E-state index contributed by atoms with van der Waals surface area (Å²) in [6.45, 7) is 2.54. The summed E-state index contributed by atoms with van der Waals surface area (Å²) in [4.78, 5) is 23.8. The van der Waals surface area contributed by atoms with E-state index in [1.54, 1.807) is 7.05 Å². The van der Waals surface area contributed by atoms with E-state index in [2.05, 4.69) is 17.9 Å². The second-order valence-electron chi connectivity index (χ2n) is 2.55. The Morgan fingerprint density at radius 3 is 2.46 bits per heavy atom. The Morgan fingerprint density at radius 2 is 2.08 bits per heavy atom. The number of thiol groups is 1. The zero-order valence-corrected chi connectivity index (χ0v) is 8.93. The van der Waals surface area contributed by atoms with E-state index in [-0.39, 0.29) is 18.4 Å². The van der Waals surface area contributed by atoms with Crippen LogP contribution in [0.5, 0.6) is 0 Å². The quantitative estimate of drug-likeness (QED) is 0.614. The Labute approximate surface area is 84.1 Å². The molecule has 0 rings (SSSR count). The van der Waals surface area contributed by atoms with Crippen LogP contribution in [0.25, 0.3) is 0 Å². The molecule has 0 saturated carbocycles. The van der Waals surface area contributed by atoms with Gasteiger partial charge in [-0.3, -0.25) is 9.59 Å². The van der Waals surface area contributed by atoms with Gasteiger partial charge in [-0.1, -0.05) is 0 Å². The number of carbonyl (C=O) groups excluding carboxylic acids is 2. The largest absolute Gasteiger partial charge is 0.358 e. The van der Waals surface area contributed by atoms with E-state index in [0.717, 1.165) is 0 Å². The number of nitrogens with one attached hydrogen (secondary N) is 1. The Balaban J connectivity index is 4.01. The monoisotopic (exact) mass is 204 g/mol. The van der Waals surface area contributed by atoms with Gasteiger partial charge in [-0.05, 0) is 12.7 Å². The number of nitrogens with zero attached hydrogens (tertiary/aromatic N) is 1.